The second kappa shape index (κ2) is 6.60. The molecule has 0 heterocycles. The van der Waals surface area contributed by atoms with E-state index in [1.807, 2.05) is 0 Å². The predicted octanol–water partition coefficient (Wildman–Crippen LogP) is 5.41. The quantitative estimate of drug-likeness (QED) is 0.661. The van der Waals surface area contributed by atoms with Gasteiger partial charge in [-0.3, -0.25) is 0 Å². The van der Waals surface area contributed by atoms with Crippen molar-refractivity contribution in [2.24, 2.45) is 5.92 Å². The Morgan fingerprint density at radius 2 is 2.06 bits per heavy atom. The summed E-state index contributed by atoms with van der Waals surface area (Å²) in [6, 6.07) is 6.38. The number of hydrogen-bond acceptors (Lipinski definition) is 1. The molecule has 1 saturated carbocycles. The van der Waals surface area contributed by atoms with Crippen molar-refractivity contribution in [3.8, 4) is 5.75 Å². The number of ether oxygens (including phenoxy) is 1. The van der Waals surface area contributed by atoms with Gasteiger partial charge in [-0.15, -0.1) is 0 Å². The van der Waals surface area contributed by atoms with Crippen molar-refractivity contribution in [1.82, 2.24) is 0 Å². The highest BCUT2D eigenvalue weighted by molar-refractivity contribution is 9.09. The summed E-state index contributed by atoms with van der Waals surface area (Å²) >= 11 is 3.85. The lowest BCUT2D eigenvalue weighted by molar-refractivity contribution is 0.414. The molecule has 1 atom stereocenters. The minimum atomic E-state index is 0.490. The first-order valence-electron chi connectivity index (χ1n) is 6.99. The first-order valence-corrected chi connectivity index (χ1v) is 7.91. The van der Waals surface area contributed by atoms with Crippen LogP contribution in [0.5, 0.6) is 5.75 Å². The number of methoxy groups -OCH3 is 1. The SMILES string of the molecule is COc1ccc(C(Br)CCC2CCCC2)c(C)c1. The molecular weight excluding hydrogens is 288 g/mol. The summed E-state index contributed by atoms with van der Waals surface area (Å²) in [7, 11) is 1.72. The van der Waals surface area contributed by atoms with Crippen molar-refractivity contribution < 1.29 is 4.74 Å². The Balaban J connectivity index is 1.93. The van der Waals surface area contributed by atoms with Gasteiger partial charge in [-0.25, -0.2) is 0 Å². The second-order valence-corrected chi connectivity index (χ2v) is 6.52. The number of aryl methyl sites for hydroxylation is 1. The van der Waals surface area contributed by atoms with Crippen molar-refractivity contribution in [3.05, 3.63) is 29.3 Å². The molecule has 0 amide bonds. The van der Waals surface area contributed by atoms with Crippen molar-refractivity contribution >= 4 is 15.9 Å². The molecule has 0 radical (unpaired) electrons. The Morgan fingerprint density at radius 3 is 2.67 bits per heavy atom. The van der Waals surface area contributed by atoms with E-state index in [4.69, 9.17) is 4.74 Å². The molecule has 1 aliphatic carbocycles. The molecule has 1 fully saturated rings. The van der Waals surface area contributed by atoms with Gasteiger partial charge in [0, 0.05) is 4.83 Å². The van der Waals surface area contributed by atoms with Crippen LogP contribution in [0.25, 0.3) is 0 Å². The molecule has 1 aliphatic rings. The van der Waals surface area contributed by atoms with Gasteiger partial charge in [0.25, 0.3) is 0 Å². The molecule has 18 heavy (non-hydrogen) atoms. The third-order valence-corrected chi connectivity index (χ3v) is 5.07. The van der Waals surface area contributed by atoms with Gasteiger partial charge in [0.15, 0.2) is 0 Å². The van der Waals surface area contributed by atoms with Crippen LogP contribution in [0.1, 0.15) is 54.5 Å². The molecule has 1 nitrogen and oxygen atoms in total. The predicted molar refractivity (Wildman–Crippen MR) is 80.6 cm³/mol. The van der Waals surface area contributed by atoms with Crippen molar-refractivity contribution in [1.29, 1.82) is 0 Å². The van der Waals surface area contributed by atoms with Crippen molar-refractivity contribution in [3.63, 3.8) is 0 Å². The molecule has 1 aromatic rings. The number of halogens is 1. The maximum atomic E-state index is 5.26. The van der Waals surface area contributed by atoms with E-state index in [9.17, 15) is 0 Å². The van der Waals surface area contributed by atoms with Gasteiger partial charge in [-0.05, 0) is 48.9 Å². The molecule has 1 unspecified atom stereocenters. The molecule has 0 saturated heterocycles. The van der Waals surface area contributed by atoms with Crippen LogP contribution in [0.3, 0.4) is 0 Å². The monoisotopic (exact) mass is 310 g/mol. The van der Waals surface area contributed by atoms with Crippen molar-refractivity contribution in [2.45, 2.75) is 50.3 Å². The number of alkyl halides is 1. The van der Waals surface area contributed by atoms with Gasteiger partial charge in [0.1, 0.15) is 5.75 Å². The molecule has 0 bridgehead atoms. The molecular formula is C16H23BrO. The summed E-state index contributed by atoms with van der Waals surface area (Å²) in [5, 5.41) is 0. The van der Waals surface area contributed by atoms with Crippen molar-refractivity contribution in [2.75, 3.05) is 7.11 Å². The average molecular weight is 311 g/mol. The lowest BCUT2D eigenvalue weighted by Crippen LogP contribution is -1.99. The summed E-state index contributed by atoms with van der Waals surface area (Å²) < 4.78 is 5.26. The summed E-state index contributed by atoms with van der Waals surface area (Å²) in [6.07, 6.45) is 8.39. The molecule has 0 aromatic heterocycles. The van der Waals surface area contributed by atoms with Crippen LogP contribution < -0.4 is 4.74 Å². The van der Waals surface area contributed by atoms with Gasteiger partial charge in [-0.1, -0.05) is 47.7 Å². The fourth-order valence-electron chi connectivity index (χ4n) is 2.96. The molecule has 100 valence electrons. The molecule has 0 N–H and O–H groups in total. The Morgan fingerprint density at radius 1 is 1.33 bits per heavy atom. The molecule has 2 heteroatoms. The maximum Gasteiger partial charge on any atom is 0.119 e. The van der Waals surface area contributed by atoms with Gasteiger partial charge < -0.3 is 4.74 Å². The minimum absolute atomic E-state index is 0.490. The highest BCUT2D eigenvalue weighted by Crippen LogP contribution is 2.36. The maximum absolute atomic E-state index is 5.26. The first kappa shape index (κ1) is 13.9. The second-order valence-electron chi connectivity index (χ2n) is 5.42. The van der Waals surface area contributed by atoms with E-state index in [-0.39, 0.29) is 0 Å². The van der Waals surface area contributed by atoms with Gasteiger partial charge in [0.2, 0.25) is 0 Å². The van der Waals surface area contributed by atoms with E-state index in [2.05, 4.69) is 41.1 Å². The molecule has 1 aromatic carbocycles. The number of hydrogen-bond donors (Lipinski definition) is 0. The van der Waals surface area contributed by atoms with E-state index < -0.39 is 0 Å². The van der Waals surface area contributed by atoms with E-state index in [1.54, 1.807) is 7.11 Å². The van der Waals surface area contributed by atoms with E-state index in [1.165, 1.54) is 49.7 Å². The summed E-state index contributed by atoms with van der Waals surface area (Å²) in [5.41, 5.74) is 2.73. The lowest BCUT2D eigenvalue weighted by atomic mass is 9.96. The highest BCUT2D eigenvalue weighted by atomic mass is 79.9. The van der Waals surface area contributed by atoms with Crippen LogP contribution in [0.15, 0.2) is 18.2 Å². The fourth-order valence-corrected chi connectivity index (χ4v) is 3.74. The third kappa shape index (κ3) is 3.50. The Labute approximate surface area is 119 Å². The zero-order chi connectivity index (χ0) is 13.0. The zero-order valence-corrected chi connectivity index (χ0v) is 13.0. The standard InChI is InChI=1S/C16H23BrO/c1-12-11-14(18-2)8-9-15(12)16(17)10-7-13-5-3-4-6-13/h8-9,11,13,16H,3-7,10H2,1-2H3. The average Bonchev–Trinajstić information content (AvgIpc) is 2.88. The highest BCUT2D eigenvalue weighted by Gasteiger charge is 2.18. The van der Waals surface area contributed by atoms with Crippen LogP contribution in [0.2, 0.25) is 0 Å². The van der Waals surface area contributed by atoms with E-state index in [0.717, 1.165) is 11.7 Å². The number of rotatable bonds is 5. The van der Waals surface area contributed by atoms with E-state index in [0.29, 0.717) is 4.83 Å². The van der Waals surface area contributed by atoms with Crippen LogP contribution in [0.4, 0.5) is 0 Å². The molecule has 0 aliphatic heterocycles. The topological polar surface area (TPSA) is 9.23 Å². The summed E-state index contributed by atoms with van der Waals surface area (Å²) in [6.45, 7) is 2.17. The fraction of sp³-hybridized carbons (Fsp3) is 0.625. The van der Waals surface area contributed by atoms with Crippen LogP contribution in [0, 0.1) is 12.8 Å². The largest absolute Gasteiger partial charge is 0.497 e. The molecule has 2 rings (SSSR count). The van der Waals surface area contributed by atoms with Gasteiger partial charge >= 0.3 is 0 Å². The summed E-state index contributed by atoms with van der Waals surface area (Å²) in [5.74, 6) is 1.93. The zero-order valence-electron chi connectivity index (χ0n) is 11.4. The van der Waals surface area contributed by atoms with Gasteiger partial charge in [0.05, 0.1) is 7.11 Å². The Hall–Kier alpha value is -0.500. The lowest BCUT2D eigenvalue weighted by Gasteiger charge is -2.16. The minimum Gasteiger partial charge on any atom is -0.497 e. The molecule has 0 spiro atoms. The Kier molecular flexibility index (Phi) is 5.11. The number of benzene rings is 1. The normalized spacial score (nSPS) is 17.9. The van der Waals surface area contributed by atoms with Crippen LogP contribution in [-0.2, 0) is 0 Å². The van der Waals surface area contributed by atoms with Crippen LogP contribution >= 0.6 is 15.9 Å². The Bertz CT molecular complexity index is 383. The smallest absolute Gasteiger partial charge is 0.119 e. The van der Waals surface area contributed by atoms with Crippen LogP contribution in [-0.4, -0.2) is 7.11 Å². The third-order valence-electron chi connectivity index (χ3n) is 4.12. The first-order chi connectivity index (χ1) is 8.70. The van der Waals surface area contributed by atoms with E-state index >= 15 is 0 Å². The van der Waals surface area contributed by atoms with Gasteiger partial charge in [-0.2, -0.15) is 0 Å². The summed E-state index contributed by atoms with van der Waals surface area (Å²) in [4.78, 5) is 0.490.